The molecular weight excluding hydrogens is 866 g/mol. The second kappa shape index (κ2) is 18.7. The van der Waals surface area contributed by atoms with Gasteiger partial charge in [0.1, 0.15) is 6.04 Å². The van der Waals surface area contributed by atoms with Gasteiger partial charge in [0, 0.05) is 59.4 Å². The van der Waals surface area contributed by atoms with Crippen LogP contribution in [0.15, 0.2) is 74.5 Å². The largest absolute Gasteiger partial charge is 0.397 e. The zero-order valence-corrected chi connectivity index (χ0v) is 35.6. The molecule has 0 aromatic heterocycles. The zero-order chi connectivity index (χ0) is 40.0. The van der Waals surface area contributed by atoms with E-state index in [4.69, 9.17) is 10.3 Å². The molecule has 4 heterocycles. The maximum atomic E-state index is 14.1. The van der Waals surface area contributed by atoms with Crippen molar-refractivity contribution in [3.63, 3.8) is 0 Å². The van der Waals surface area contributed by atoms with Crippen molar-refractivity contribution in [2.45, 2.75) is 81.3 Å². The number of nitrogen functional groups attached to an aromatic ring is 1. The quantitative estimate of drug-likeness (QED) is 0.154. The summed E-state index contributed by atoms with van der Waals surface area (Å²) in [5, 5.41) is 6.14. The van der Waals surface area contributed by atoms with E-state index < -0.39 is 16.2 Å². The number of likely N-dealkylation sites (tertiary alicyclic amines) is 3. The second-order valence-electron chi connectivity index (χ2n) is 15.0. The Morgan fingerprint density at radius 1 is 0.839 bits per heavy atom. The van der Waals surface area contributed by atoms with Gasteiger partial charge in [-0.05, 0) is 138 Å². The molecule has 0 spiro atoms. The number of hydrogen-bond acceptors (Lipinski definition) is 7. The molecule has 3 aromatic carbocycles. The van der Waals surface area contributed by atoms with E-state index >= 15 is 0 Å². The van der Waals surface area contributed by atoms with Gasteiger partial charge >= 0.3 is 12.1 Å². The summed E-state index contributed by atoms with van der Waals surface area (Å²) in [6.07, 6.45) is 7.87. The van der Waals surface area contributed by atoms with Crippen molar-refractivity contribution in [2.24, 2.45) is 0 Å². The Bertz CT molecular complexity index is 1960. The fourth-order valence-electron chi connectivity index (χ4n) is 8.02. The molecule has 3 aromatic rings. The molecule has 0 aliphatic carbocycles. The summed E-state index contributed by atoms with van der Waals surface area (Å²) >= 11 is 7.05. The SMILES string of the molecule is Cc1ccc(S(=O)(=O)O)cc1.Nc1c(Br)cc([C@@H](NC(=O)N2CCC(N3CCc4ccccc4NC3=O)CC2)C(=O)N2CCC(N3CCCCC3)CC2)cc1Br. The normalized spacial score (nSPS) is 19.2. The minimum absolute atomic E-state index is 0.0472. The molecule has 13 nitrogen and oxygen atoms in total. The fourth-order valence-corrected chi connectivity index (χ4v) is 9.72. The third-order valence-electron chi connectivity index (χ3n) is 11.3. The van der Waals surface area contributed by atoms with Gasteiger partial charge in [-0.1, -0.05) is 42.3 Å². The lowest BCUT2D eigenvalue weighted by Gasteiger charge is -2.41. The molecule has 56 heavy (non-hydrogen) atoms. The van der Waals surface area contributed by atoms with Crippen LogP contribution in [0.5, 0.6) is 0 Å². The third kappa shape index (κ3) is 10.4. The fraction of sp³-hybridized carbons (Fsp3) is 0.475. The van der Waals surface area contributed by atoms with Crippen molar-refractivity contribution >= 4 is 71.3 Å². The van der Waals surface area contributed by atoms with E-state index in [9.17, 15) is 22.8 Å². The highest BCUT2D eigenvalue weighted by Gasteiger charge is 2.36. The van der Waals surface area contributed by atoms with Gasteiger partial charge in [0.05, 0.1) is 10.6 Å². The van der Waals surface area contributed by atoms with Crippen LogP contribution in [0.1, 0.15) is 67.7 Å². The van der Waals surface area contributed by atoms with Crippen molar-refractivity contribution in [1.29, 1.82) is 0 Å². The first kappa shape index (κ1) is 41.9. The van der Waals surface area contributed by atoms with Gasteiger partial charge in [-0.15, -0.1) is 0 Å². The van der Waals surface area contributed by atoms with E-state index in [2.05, 4.69) is 53.5 Å². The molecular formula is C40H51Br2N7O6S. The van der Waals surface area contributed by atoms with E-state index in [-0.39, 0.29) is 28.9 Å². The van der Waals surface area contributed by atoms with Gasteiger partial charge in [0.2, 0.25) is 5.91 Å². The first-order valence-electron chi connectivity index (χ1n) is 19.3. The molecule has 1 atom stereocenters. The topological polar surface area (TPSA) is 169 Å². The first-order valence-corrected chi connectivity index (χ1v) is 22.3. The predicted octanol–water partition coefficient (Wildman–Crippen LogP) is 6.82. The van der Waals surface area contributed by atoms with Crippen LogP contribution >= 0.6 is 31.9 Å². The summed E-state index contributed by atoms with van der Waals surface area (Å²) in [6.45, 7) is 7.15. The lowest BCUT2D eigenvalue weighted by atomic mass is 9.98. The van der Waals surface area contributed by atoms with Crippen LogP contribution in [0.25, 0.3) is 0 Å². The van der Waals surface area contributed by atoms with Gasteiger partial charge in [0.25, 0.3) is 10.1 Å². The standard InChI is InChI=1S/C33H43Br2N7O3.C7H8O3S/c34-26-20-23(21-27(35)29(26)36)30(31(43)40-15-9-24(10-16-40)39-13-4-1-5-14-39)38-32(44)41-17-11-25(12-18-41)42-19-8-22-6-2-3-7-28(22)37-33(42)45;1-6-2-4-7(5-3-6)11(8,9)10/h2-3,6-7,20-21,24-25,30H,1,4-5,8-19,36H2,(H,37,45)(H,38,44);2-5H,1H3,(H,8,9,10)/t30-;/m1./s1. The van der Waals surface area contributed by atoms with E-state index in [1.807, 2.05) is 47.1 Å². The van der Waals surface area contributed by atoms with Crippen LogP contribution < -0.4 is 16.4 Å². The monoisotopic (exact) mass is 915 g/mol. The number of carbonyl (C=O) groups is 3. The van der Waals surface area contributed by atoms with Gasteiger partial charge in [-0.3, -0.25) is 9.35 Å². The van der Waals surface area contributed by atoms with Crippen molar-refractivity contribution in [1.82, 2.24) is 24.9 Å². The maximum Gasteiger partial charge on any atom is 0.322 e. The number of fused-ring (bicyclic) bond motifs is 1. The number of nitrogens with two attached hydrogens (primary N) is 1. The van der Waals surface area contributed by atoms with Crippen LogP contribution in [0.4, 0.5) is 21.0 Å². The number of piperidine rings is 3. The third-order valence-corrected chi connectivity index (χ3v) is 13.5. The number of amides is 5. The van der Waals surface area contributed by atoms with Gasteiger partial charge in [-0.25, -0.2) is 9.59 Å². The number of nitrogens with one attached hydrogen (secondary N) is 2. The van der Waals surface area contributed by atoms with E-state index in [1.165, 1.54) is 31.4 Å². The van der Waals surface area contributed by atoms with Crippen molar-refractivity contribution in [3.05, 3.63) is 86.3 Å². The summed E-state index contributed by atoms with van der Waals surface area (Å²) in [6, 6.07) is 16.9. The number of benzene rings is 3. The van der Waals surface area contributed by atoms with E-state index in [0.29, 0.717) is 71.8 Å². The Balaban J connectivity index is 0.000000417. The number of halogens is 2. The molecule has 0 saturated carbocycles. The predicted molar refractivity (Wildman–Crippen MR) is 224 cm³/mol. The Hall–Kier alpha value is -3.70. The molecule has 5 N–H and O–H groups in total. The Kier molecular flexibility index (Phi) is 14.0. The van der Waals surface area contributed by atoms with Crippen LogP contribution in [0.2, 0.25) is 0 Å². The molecule has 302 valence electrons. The van der Waals surface area contributed by atoms with Crippen LogP contribution in [-0.4, -0.2) is 108 Å². The van der Waals surface area contributed by atoms with E-state index in [1.54, 1.807) is 17.0 Å². The molecule has 0 bridgehead atoms. The molecule has 0 unspecified atom stereocenters. The Morgan fingerprint density at radius 2 is 1.43 bits per heavy atom. The average molecular weight is 918 g/mol. The molecule has 3 saturated heterocycles. The minimum Gasteiger partial charge on any atom is -0.397 e. The highest BCUT2D eigenvalue weighted by molar-refractivity contribution is 9.11. The smallest absolute Gasteiger partial charge is 0.322 e. The van der Waals surface area contributed by atoms with Gasteiger partial charge in [0.15, 0.2) is 0 Å². The Labute approximate surface area is 346 Å². The Morgan fingerprint density at radius 3 is 2.05 bits per heavy atom. The highest BCUT2D eigenvalue weighted by Crippen LogP contribution is 2.34. The molecule has 3 fully saturated rings. The van der Waals surface area contributed by atoms with Gasteiger partial charge in [-0.2, -0.15) is 8.42 Å². The van der Waals surface area contributed by atoms with Crippen LogP contribution in [0.3, 0.4) is 0 Å². The average Bonchev–Trinajstić information content (AvgIpc) is 3.37. The lowest BCUT2D eigenvalue weighted by molar-refractivity contribution is -0.135. The maximum absolute atomic E-state index is 14.1. The molecule has 7 rings (SSSR count). The molecule has 0 radical (unpaired) electrons. The second-order valence-corrected chi connectivity index (χ2v) is 18.1. The number of nitrogens with zero attached hydrogens (tertiary/aromatic N) is 4. The summed E-state index contributed by atoms with van der Waals surface area (Å²) < 4.78 is 30.9. The van der Waals surface area contributed by atoms with Crippen LogP contribution in [-0.2, 0) is 21.3 Å². The van der Waals surface area contributed by atoms with Crippen molar-refractivity contribution < 1.29 is 27.4 Å². The molecule has 4 aliphatic heterocycles. The van der Waals surface area contributed by atoms with E-state index in [0.717, 1.165) is 49.2 Å². The number of para-hydroxylation sites is 1. The number of anilines is 2. The summed E-state index contributed by atoms with van der Waals surface area (Å²) in [5.41, 5.74) is 10.4. The van der Waals surface area contributed by atoms with Crippen molar-refractivity contribution in [3.8, 4) is 0 Å². The minimum atomic E-state index is -4.02. The number of urea groups is 2. The van der Waals surface area contributed by atoms with Gasteiger partial charge < -0.3 is 36.0 Å². The zero-order valence-electron chi connectivity index (χ0n) is 31.6. The summed E-state index contributed by atoms with van der Waals surface area (Å²) in [7, 11) is -4.02. The number of carbonyl (C=O) groups excluding carboxylic acids is 3. The summed E-state index contributed by atoms with van der Waals surface area (Å²) in [5.74, 6) is -0.0975. The number of hydrogen-bond donors (Lipinski definition) is 4. The van der Waals surface area contributed by atoms with Crippen molar-refractivity contribution in [2.75, 3.05) is 56.9 Å². The first-order chi connectivity index (χ1) is 26.8. The number of aryl methyl sites for hydroxylation is 1. The lowest BCUT2D eigenvalue weighted by Crippen LogP contribution is -2.54. The summed E-state index contributed by atoms with van der Waals surface area (Å²) in [4.78, 5) is 49.0. The molecule has 16 heteroatoms. The molecule has 5 amide bonds. The molecule has 4 aliphatic rings. The number of rotatable bonds is 6. The van der Waals surface area contributed by atoms with Crippen LogP contribution in [0, 0.1) is 6.92 Å². The highest BCUT2D eigenvalue weighted by atomic mass is 79.9.